The smallest absolute Gasteiger partial charge is 0.325 e. The third kappa shape index (κ3) is 6.63. The van der Waals surface area contributed by atoms with E-state index in [0.29, 0.717) is 12.4 Å². The molecule has 0 aliphatic carbocycles. The number of rotatable bonds is 9. The SMILES string of the molecule is COC(=O)CN(CC(=O)OC)C(=O)c1cc(Cl)c(OCC(C)C)c(OC)c1. The molecule has 0 heterocycles. The molecule has 0 unspecified atom stereocenters. The highest BCUT2D eigenvalue weighted by molar-refractivity contribution is 6.32. The fourth-order valence-corrected chi connectivity index (χ4v) is 2.32. The van der Waals surface area contributed by atoms with E-state index in [2.05, 4.69) is 9.47 Å². The van der Waals surface area contributed by atoms with E-state index in [4.69, 9.17) is 21.1 Å². The molecule has 0 atom stereocenters. The van der Waals surface area contributed by atoms with E-state index in [9.17, 15) is 14.4 Å². The summed E-state index contributed by atoms with van der Waals surface area (Å²) in [4.78, 5) is 37.0. The van der Waals surface area contributed by atoms with E-state index in [0.717, 1.165) is 4.90 Å². The van der Waals surface area contributed by atoms with Crippen molar-refractivity contribution in [3.05, 3.63) is 22.7 Å². The number of nitrogens with zero attached hydrogens (tertiary/aromatic N) is 1. The highest BCUT2D eigenvalue weighted by atomic mass is 35.5. The summed E-state index contributed by atoms with van der Waals surface area (Å²) >= 11 is 6.25. The quantitative estimate of drug-likeness (QED) is 0.585. The van der Waals surface area contributed by atoms with Crippen LogP contribution in [0.4, 0.5) is 0 Å². The fourth-order valence-electron chi connectivity index (χ4n) is 2.06. The summed E-state index contributed by atoms with van der Waals surface area (Å²) in [5.74, 6) is -1.12. The zero-order valence-corrected chi connectivity index (χ0v) is 16.8. The molecule has 9 heteroatoms. The molecule has 0 saturated heterocycles. The summed E-state index contributed by atoms with van der Waals surface area (Å²) in [6.07, 6.45) is 0. The van der Waals surface area contributed by atoms with Crippen LogP contribution in [0.3, 0.4) is 0 Å². The van der Waals surface area contributed by atoms with Crippen molar-refractivity contribution in [2.24, 2.45) is 5.92 Å². The van der Waals surface area contributed by atoms with Crippen LogP contribution < -0.4 is 9.47 Å². The van der Waals surface area contributed by atoms with Gasteiger partial charge in [-0.1, -0.05) is 25.4 Å². The van der Waals surface area contributed by atoms with Gasteiger partial charge in [-0.3, -0.25) is 14.4 Å². The van der Waals surface area contributed by atoms with Crippen LogP contribution in [0.15, 0.2) is 12.1 Å². The van der Waals surface area contributed by atoms with Crippen molar-refractivity contribution in [1.29, 1.82) is 0 Å². The van der Waals surface area contributed by atoms with E-state index >= 15 is 0 Å². The highest BCUT2D eigenvalue weighted by Gasteiger charge is 2.25. The summed E-state index contributed by atoms with van der Waals surface area (Å²) < 4.78 is 20.1. The number of hydrogen-bond donors (Lipinski definition) is 0. The Labute approximate surface area is 163 Å². The normalized spacial score (nSPS) is 10.3. The Morgan fingerprint density at radius 3 is 2.04 bits per heavy atom. The Morgan fingerprint density at radius 2 is 1.59 bits per heavy atom. The van der Waals surface area contributed by atoms with Crippen molar-refractivity contribution < 1.29 is 33.3 Å². The van der Waals surface area contributed by atoms with Gasteiger partial charge in [0.2, 0.25) is 0 Å². The molecule has 0 fully saturated rings. The molecule has 0 bridgehead atoms. The number of carbonyl (C=O) groups excluding carboxylic acids is 3. The molecule has 1 aromatic carbocycles. The van der Waals surface area contributed by atoms with Crippen molar-refractivity contribution in [2.75, 3.05) is 41.0 Å². The largest absolute Gasteiger partial charge is 0.493 e. The lowest BCUT2D eigenvalue weighted by atomic mass is 10.1. The van der Waals surface area contributed by atoms with Crippen LogP contribution in [0.2, 0.25) is 5.02 Å². The average Bonchev–Trinajstić information content (AvgIpc) is 2.64. The Balaban J connectivity index is 3.18. The van der Waals surface area contributed by atoms with Crippen molar-refractivity contribution in [2.45, 2.75) is 13.8 Å². The van der Waals surface area contributed by atoms with E-state index in [1.165, 1.54) is 33.5 Å². The van der Waals surface area contributed by atoms with Gasteiger partial charge < -0.3 is 23.8 Å². The minimum absolute atomic E-state index is 0.126. The predicted molar refractivity (Wildman–Crippen MR) is 98.3 cm³/mol. The van der Waals surface area contributed by atoms with Gasteiger partial charge in [-0.2, -0.15) is 0 Å². The third-order valence-corrected chi connectivity index (χ3v) is 3.70. The standard InChI is InChI=1S/C18H24ClNO7/c1-11(2)10-27-17-13(19)6-12(7-14(17)24-3)18(23)20(8-15(21)25-4)9-16(22)26-5/h6-7,11H,8-10H2,1-5H3. The topological polar surface area (TPSA) is 91.4 Å². The van der Waals surface area contributed by atoms with E-state index in [1.54, 1.807) is 0 Å². The minimum Gasteiger partial charge on any atom is -0.493 e. The van der Waals surface area contributed by atoms with Crippen molar-refractivity contribution >= 4 is 29.4 Å². The van der Waals surface area contributed by atoms with Crippen LogP contribution in [-0.4, -0.2) is 63.8 Å². The Morgan fingerprint density at radius 1 is 1.04 bits per heavy atom. The van der Waals surface area contributed by atoms with E-state index < -0.39 is 30.9 Å². The second-order valence-corrected chi connectivity index (χ2v) is 6.41. The number of amides is 1. The third-order valence-electron chi connectivity index (χ3n) is 3.42. The Bertz CT molecular complexity index is 673. The monoisotopic (exact) mass is 401 g/mol. The molecular formula is C18H24ClNO7. The summed E-state index contributed by atoms with van der Waals surface area (Å²) in [5, 5.41) is 0.175. The summed E-state index contributed by atoms with van der Waals surface area (Å²) in [6, 6.07) is 2.83. The van der Waals surface area contributed by atoms with Crippen LogP contribution in [0, 0.1) is 5.92 Å². The Kier molecular flexibility index (Phi) is 8.87. The van der Waals surface area contributed by atoms with E-state index in [1.807, 2.05) is 13.8 Å². The lowest BCUT2D eigenvalue weighted by molar-refractivity contribution is -0.144. The highest BCUT2D eigenvalue weighted by Crippen LogP contribution is 2.37. The molecule has 1 amide bonds. The molecule has 0 radical (unpaired) electrons. The van der Waals surface area contributed by atoms with Crippen LogP contribution in [-0.2, 0) is 19.1 Å². The van der Waals surface area contributed by atoms with Gasteiger partial charge >= 0.3 is 11.9 Å². The van der Waals surface area contributed by atoms with Gasteiger partial charge in [-0.05, 0) is 18.1 Å². The van der Waals surface area contributed by atoms with E-state index in [-0.39, 0.29) is 22.3 Å². The van der Waals surface area contributed by atoms with Gasteiger partial charge in [0, 0.05) is 5.56 Å². The van der Waals surface area contributed by atoms with Crippen LogP contribution >= 0.6 is 11.6 Å². The fraction of sp³-hybridized carbons (Fsp3) is 0.500. The second kappa shape index (κ2) is 10.6. The van der Waals surface area contributed by atoms with Gasteiger partial charge in [0.15, 0.2) is 11.5 Å². The zero-order valence-electron chi connectivity index (χ0n) is 16.0. The number of carbonyl (C=O) groups is 3. The summed E-state index contributed by atoms with van der Waals surface area (Å²) in [7, 11) is 3.79. The van der Waals surface area contributed by atoms with Crippen LogP contribution in [0.5, 0.6) is 11.5 Å². The maximum Gasteiger partial charge on any atom is 0.325 e. The molecule has 0 aliphatic heterocycles. The van der Waals surface area contributed by atoms with Crippen molar-refractivity contribution in [3.63, 3.8) is 0 Å². The molecule has 150 valence electrons. The molecule has 0 aliphatic rings. The van der Waals surface area contributed by atoms with Gasteiger partial charge in [0.05, 0.1) is 33.0 Å². The number of halogens is 1. The first-order valence-corrected chi connectivity index (χ1v) is 8.54. The molecule has 8 nitrogen and oxygen atoms in total. The van der Waals surface area contributed by atoms with Gasteiger partial charge in [0.25, 0.3) is 5.91 Å². The molecule has 27 heavy (non-hydrogen) atoms. The van der Waals surface area contributed by atoms with Gasteiger partial charge in [0.1, 0.15) is 13.1 Å². The number of ether oxygens (including phenoxy) is 4. The van der Waals surface area contributed by atoms with Gasteiger partial charge in [-0.15, -0.1) is 0 Å². The lowest BCUT2D eigenvalue weighted by Gasteiger charge is -2.21. The van der Waals surface area contributed by atoms with Crippen molar-refractivity contribution in [3.8, 4) is 11.5 Å². The first-order chi connectivity index (χ1) is 12.7. The number of hydrogen-bond acceptors (Lipinski definition) is 7. The summed E-state index contributed by atoms with van der Waals surface area (Å²) in [6.45, 7) is 3.54. The van der Waals surface area contributed by atoms with Crippen molar-refractivity contribution in [1.82, 2.24) is 4.90 Å². The predicted octanol–water partition coefficient (Wildman–Crippen LogP) is 2.17. The first kappa shape index (κ1) is 22.6. The molecular weight excluding hydrogens is 378 g/mol. The molecule has 0 aromatic heterocycles. The number of benzene rings is 1. The van der Waals surface area contributed by atoms with Gasteiger partial charge in [-0.25, -0.2) is 0 Å². The summed E-state index contributed by atoms with van der Waals surface area (Å²) in [5.41, 5.74) is 0.126. The Hall–Kier alpha value is -2.48. The molecule has 0 N–H and O–H groups in total. The molecule has 0 spiro atoms. The molecule has 1 aromatic rings. The number of methoxy groups -OCH3 is 3. The molecule has 0 saturated carbocycles. The first-order valence-electron chi connectivity index (χ1n) is 8.16. The van der Waals surface area contributed by atoms with Crippen LogP contribution in [0.25, 0.3) is 0 Å². The maximum absolute atomic E-state index is 12.8. The average molecular weight is 402 g/mol. The van der Waals surface area contributed by atoms with Crippen LogP contribution in [0.1, 0.15) is 24.2 Å². The number of esters is 2. The second-order valence-electron chi connectivity index (χ2n) is 6.01. The minimum atomic E-state index is -0.679. The zero-order chi connectivity index (χ0) is 20.6. The lowest BCUT2D eigenvalue weighted by Crippen LogP contribution is -2.40. The molecule has 1 rings (SSSR count). The maximum atomic E-state index is 12.8.